The van der Waals surface area contributed by atoms with E-state index in [2.05, 4.69) is 4.85 Å². The molecule has 0 aromatic heterocycles. The maximum atomic E-state index is 11.9. The number of fused-ring (bicyclic) bond motifs is 3. The first-order chi connectivity index (χ1) is 8.76. The van der Waals surface area contributed by atoms with Crippen molar-refractivity contribution in [2.45, 2.75) is 31.9 Å². The lowest BCUT2D eigenvalue weighted by Gasteiger charge is -2.19. The van der Waals surface area contributed by atoms with Gasteiger partial charge >= 0.3 is 12.2 Å². The summed E-state index contributed by atoms with van der Waals surface area (Å²) in [5, 5.41) is 0. The molecule has 3 rings (SSSR count). The highest BCUT2D eigenvalue weighted by Gasteiger charge is 2.41. The molecule has 4 nitrogen and oxygen atoms in total. The van der Waals surface area contributed by atoms with Crippen LogP contribution < -0.4 is 4.74 Å². The van der Waals surface area contributed by atoms with Gasteiger partial charge in [0.1, 0.15) is 11.3 Å². The van der Waals surface area contributed by atoms with Crippen LogP contribution in [0.25, 0.3) is 4.85 Å². The molecule has 0 fully saturated rings. The molecule has 1 aromatic carbocycles. The lowest BCUT2D eigenvalue weighted by Crippen LogP contribution is -2.09. The van der Waals surface area contributed by atoms with Crippen LogP contribution in [0.1, 0.15) is 46.1 Å². The molecule has 0 amide bonds. The molecule has 1 aromatic rings. The van der Waals surface area contributed by atoms with Crippen molar-refractivity contribution in [2.24, 2.45) is 0 Å². The van der Waals surface area contributed by atoms with Gasteiger partial charge in [-0.15, -0.1) is 0 Å². The van der Waals surface area contributed by atoms with E-state index in [4.69, 9.17) is 16.0 Å². The summed E-state index contributed by atoms with van der Waals surface area (Å²) in [5.74, 6) is 0.109. The number of methoxy groups -OCH3 is 1. The van der Waals surface area contributed by atoms with Crippen LogP contribution in [0.4, 0.5) is 0 Å². The first-order valence-corrected chi connectivity index (χ1v) is 6.06. The fourth-order valence-electron chi connectivity index (χ4n) is 2.86. The van der Waals surface area contributed by atoms with Gasteiger partial charge in [0.05, 0.1) is 12.7 Å². The number of cyclic esters (lactones) is 1. The molecule has 1 unspecified atom stereocenters. The van der Waals surface area contributed by atoms with E-state index in [0.29, 0.717) is 11.3 Å². The minimum Gasteiger partial charge on any atom is -0.496 e. The minimum atomic E-state index is -0.783. The maximum Gasteiger partial charge on any atom is 0.397 e. The van der Waals surface area contributed by atoms with Gasteiger partial charge < -0.3 is 9.47 Å². The quantitative estimate of drug-likeness (QED) is 0.562. The third kappa shape index (κ3) is 1.40. The lowest BCUT2D eigenvalue weighted by molar-refractivity contribution is 0.0461. The second-order valence-electron chi connectivity index (χ2n) is 4.60. The van der Waals surface area contributed by atoms with Gasteiger partial charge in [-0.3, -0.25) is 4.85 Å². The molecule has 0 spiro atoms. The van der Waals surface area contributed by atoms with Crippen LogP contribution in [0, 0.1) is 6.57 Å². The number of hydrogen-bond donors (Lipinski definition) is 0. The second kappa shape index (κ2) is 4.02. The molecular formula is C14H13NO3. The van der Waals surface area contributed by atoms with Crippen LogP contribution >= 0.6 is 0 Å². The first kappa shape index (κ1) is 11.1. The van der Waals surface area contributed by atoms with Crippen LogP contribution in [0.3, 0.4) is 0 Å². The molecule has 0 saturated heterocycles. The summed E-state index contributed by atoms with van der Waals surface area (Å²) in [6.07, 6.45) is 3.37. The van der Waals surface area contributed by atoms with Crippen LogP contribution in [0.15, 0.2) is 6.07 Å². The van der Waals surface area contributed by atoms with Crippen molar-refractivity contribution in [2.75, 3.05) is 7.11 Å². The number of carbonyl (C=O) groups is 1. The molecular weight excluding hydrogens is 230 g/mol. The monoisotopic (exact) mass is 243 g/mol. The summed E-state index contributed by atoms with van der Waals surface area (Å²) < 4.78 is 10.4. The number of esters is 1. The molecule has 2 aliphatic rings. The third-order valence-corrected chi connectivity index (χ3v) is 3.66. The number of rotatable bonds is 1. The molecule has 92 valence electrons. The molecule has 1 heterocycles. The summed E-state index contributed by atoms with van der Waals surface area (Å²) >= 11 is 0. The molecule has 4 heteroatoms. The zero-order valence-electron chi connectivity index (χ0n) is 10.2. The number of ether oxygens (including phenoxy) is 2. The standard InChI is InChI=1S/C14H13NO3/c1-15-13-11-9-6-4-3-5-8(9)7-10(17-2)12(11)14(16)18-13/h7,13H,3-6H2,2H3. The molecule has 18 heavy (non-hydrogen) atoms. The van der Waals surface area contributed by atoms with Gasteiger partial charge in [0, 0.05) is 0 Å². The topological polar surface area (TPSA) is 39.9 Å². The number of benzene rings is 1. The summed E-state index contributed by atoms with van der Waals surface area (Å²) in [7, 11) is 1.54. The van der Waals surface area contributed by atoms with Gasteiger partial charge in [-0.25, -0.2) is 11.4 Å². The van der Waals surface area contributed by atoms with Crippen LogP contribution in [-0.4, -0.2) is 13.1 Å². The zero-order valence-corrected chi connectivity index (χ0v) is 10.2. The molecule has 0 radical (unpaired) electrons. The molecule has 1 aliphatic carbocycles. The Bertz CT molecular complexity index is 571. The van der Waals surface area contributed by atoms with E-state index in [9.17, 15) is 4.79 Å². The Morgan fingerprint density at radius 2 is 2.22 bits per heavy atom. The van der Waals surface area contributed by atoms with Crippen molar-refractivity contribution in [3.05, 3.63) is 39.7 Å². The van der Waals surface area contributed by atoms with E-state index in [-0.39, 0.29) is 0 Å². The Morgan fingerprint density at radius 3 is 2.94 bits per heavy atom. The van der Waals surface area contributed by atoms with Crippen LogP contribution in [0.5, 0.6) is 5.75 Å². The van der Waals surface area contributed by atoms with Crippen LogP contribution in [-0.2, 0) is 17.6 Å². The first-order valence-electron chi connectivity index (χ1n) is 6.06. The smallest absolute Gasteiger partial charge is 0.397 e. The Labute approximate surface area is 105 Å². The summed E-state index contributed by atoms with van der Waals surface area (Å²) in [4.78, 5) is 15.3. The largest absolute Gasteiger partial charge is 0.496 e. The van der Waals surface area contributed by atoms with E-state index < -0.39 is 12.2 Å². The highest BCUT2D eigenvalue weighted by molar-refractivity contribution is 5.98. The number of carbonyl (C=O) groups excluding carboxylic acids is 1. The fourth-order valence-corrected chi connectivity index (χ4v) is 2.86. The molecule has 1 aliphatic heterocycles. The Hall–Kier alpha value is -2.02. The summed E-state index contributed by atoms with van der Waals surface area (Å²) in [6.45, 7) is 7.17. The normalized spacial score (nSPS) is 20.7. The Balaban J connectivity index is 2.29. The average Bonchev–Trinajstić information content (AvgIpc) is 2.75. The van der Waals surface area contributed by atoms with Gasteiger partial charge in [0.25, 0.3) is 0 Å². The van der Waals surface area contributed by atoms with Gasteiger partial charge in [-0.1, -0.05) is 0 Å². The highest BCUT2D eigenvalue weighted by atomic mass is 16.6. The molecule has 0 saturated carbocycles. The van der Waals surface area contributed by atoms with Crippen molar-refractivity contribution >= 4 is 5.97 Å². The van der Waals surface area contributed by atoms with Crippen molar-refractivity contribution < 1.29 is 14.3 Å². The predicted octanol–water partition coefficient (Wildman–Crippen LogP) is 2.66. The van der Waals surface area contributed by atoms with E-state index >= 15 is 0 Å². The lowest BCUT2D eigenvalue weighted by atomic mass is 9.85. The van der Waals surface area contributed by atoms with E-state index in [1.54, 1.807) is 7.11 Å². The molecule has 0 bridgehead atoms. The molecule has 1 atom stereocenters. The van der Waals surface area contributed by atoms with Crippen molar-refractivity contribution in [1.29, 1.82) is 0 Å². The van der Waals surface area contributed by atoms with Gasteiger partial charge in [0.15, 0.2) is 0 Å². The summed E-state index contributed by atoms with van der Waals surface area (Å²) in [5.41, 5.74) is 3.54. The number of nitrogens with zero attached hydrogens (tertiary/aromatic N) is 1. The predicted molar refractivity (Wildman–Crippen MR) is 64.4 cm³/mol. The highest BCUT2D eigenvalue weighted by Crippen LogP contribution is 2.43. The van der Waals surface area contributed by atoms with E-state index in [0.717, 1.165) is 36.8 Å². The van der Waals surface area contributed by atoms with Crippen molar-refractivity contribution in [1.82, 2.24) is 0 Å². The second-order valence-corrected chi connectivity index (χ2v) is 4.60. The van der Waals surface area contributed by atoms with Gasteiger partial charge in [-0.05, 0) is 42.9 Å². The number of hydrogen-bond acceptors (Lipinski definition) is 3. The van der Waals surface area contributed by atoms with Crippen LogP contribution in [0.2, 0.25) is 0 Å². The van der Waals surface area contributed by atoms with E-state index in [1.165, 1.54) is 5.56 Å². The van der Waals surface area contributed by atoms with E-state index in [1.807, 2.05) is 6.07 Å². The Morgan fingerprint density at radius 1 is 1.44 bits per heavy atom. The van der Waals surface area contributed by atoms with Gasteiger partial charge in [-0.2, -0.15) is 0 Å². The number of aryl methyl sites for hydroxylation is 1. The zero-order chi connectivity index (χ0) is 12.7. The fraction of sp³-hybridized carbons (Fsp3) is 0.429. The molecule has 0 N–H and O–H groups in total. The third-order valence-electron chi connectivity index (χ3n) is 3.66. The van der Waals surface area contributed by atoms with Crippen molar-refractivity contribution in [3.8, 4) is 5.75 Å². The average molecular weight is 243 g/mol. The van der Waals surface area contributed by atoms with Crippen molar-refractivity contribution in [3.63, 3.8) is 0 Å². The van der Waals surface area contributed by atoms with Gasteiger partial charge in [0.2, 0.25) is 0 Å². The SMILES string of the molecule is [C-]#[N+]C1OC(=O)c2c(OC)cc3c(c21)CCCC3. The maximum absolute atomic E-state index is 11.9. The Kier molecular flexibility index (Phi) is 2.48. The minimum absolute atomic E-state index is 0.434. The summed E-state index contributed by atoms with van der Waals surface area (Å²) in [6, 6.07) is 1.93.